The lowest BCUT2D eigenvalue weighted by molar-refractivity contribution is 0.621. The minimum atomic E-state index is -0.344. The number of nitrogens with one attached hydrogen (secondary N) is 2. The van der Waals surface area contributed by atoms with Gasteiger partial charge in [-0.05, 0) is 40.5 Å². The molecule has 0 spiro atoms. The van der Waals surface area contributed by atoms with Crippen molar-refractivity contribution in [2.24, 2.45) is 0 Å². The summed E-state index contributed by atoms with van der Waals surface area (Å²) in [5.74, 6) is 0.889. The summed E-state index contributed by atoms with van der Waals surface area (Å²) in [5, 5.41) is 5.90. The number of halogens is 2. The van der Waals surface area contributed by atoms with Gasteiger partial charge in [-0.1, -0.05) is 0 Å². The highest BCUT2D eigenvalue weighted by molar-refractivity contribution is 9.10. The zero-order valence-corrected chi connectivity index (χ0v) is 12.0. The normalized spacial score (nSPS) is 10.3. The maximum atomic E-state index is 13.5. The van der Waals surface area contributed by atoms with Crippen LogP contribution in [0.5, 0.6) is 0 Å². The van der Waals surface area contributed by atoms with Crippen LogP contribution in [0.2, 0.25) is 0 Å². The van der Waals surface area contributed by atoms with Crippen molar-refractivity contribution in [3.8, 4) is 0 Å². The summed E-state index contributed by atoms with van der Waals surface area (Å²) in [6.07, 6.45) is 0. The van der Waals surface area contributed by atoms with Crippen LogP contribution in [0.15, 0.2) is 22.7 Å². The number of hydrogen-bond acceptors (Lipinski definition) is 5. The molecule has 0 saturated heterocycles. The van der Waals surface area contributed by atoms with E-state index in [0.717, 1.165) is 5.56 Å². The summed E-state index contributed by atoms with van der Waals surface area (Å²) < 4.78 is 14.0. The quantitative estimate of drug-likeness (QED) is 0.808. The molecule has 4 N–H and O–H groups in total. The van der Waals surface area contributed by atoms with Crippen molar-refractivity contribution in [1.29, 1.82) is 0 Å². The standard InChI is InChI=1S/C12H13BrFN5/c1-6-3-7(13)8(14)4-9(6)17-11-5-10(16-2)18-12(15)19-11/h3-5H,1-2H3,(H4,15,16,17,18,19). The first-order valence-corrected chi connectivity index (χ1v) is 6.34. The number of rotatable bonds is 3. The Morgan fingerprint density at radius 2 is 1.89 bits per heavy atom. The number of nitrogen functional groups attached to an aromatic ring is 1. The molecule has 0 fully saturated rings. The number of anilines is 4. The minimum absolute atomic E-state index is 0.143. The Bertz CT molecular complexity index is 617. The highest BCUT2D eigenvalue weighted by Crippen LogP contribution is 2.26. The first kappa shape index (κ1) is 13.5. The van der Waals surface area contributed by atoms with E-state index in [1.54, 1.807) is 19.2 Å². The summed E-state index contributed by atoms with van der Waals surface area (Å²) in [4.78, 5) is 8.03. The number of hydrogen-bond donors (Lipinski definition) is 3. The van der Waals surface area contributed by atoms with E-state index in [2.05, 4.69) is 36.5 Å². The van der Waals surface area contributed by atoms with Crippen LogP contribution in [0.1, 0.15) is 5.56 Å². The average molecular weight is 326 g/mol. The van der Waals surface area contributed by atoms with Crippen molar-refractivity contribution in [3.63, 3.8) is 0 Å². The molecule has 1 heterocycles. The zero-order chi connectivity index (χ0) is 14.0. The molecule has 0 radical (unpaired) electrons. The fourth-order valence-corrected chi connectivity index (χ4v) is 2.03. The molecule has 0 bridgehead atoms. The van der Waals surface area contributed by atoms with E-state index in [4.69, 9.17) is 5.73 Å². The predicted octanol–water partition coefficient (Wildman–Crippen LogP) is 3.05. The molecule has 1 aromatic carbocycles. The van der Waals surface area contributed by atoms with Crippen LogP contribution in [-0.4, -0.2) is 17.0 Å². The van der Waals surface area contributed by atoms with Crippen LogP contribution in [0.25, 0.3) is 0 Å². The maximum Gasteiger partial charge on any atom is 0.223 e. The lowest BCUT2D eigenvalue weighted by Gasteiger charge is -2.11. The molecule has 0 unspecified atom stereocenters. The predicted molar refractivity (Wildman–Crippen MR) is 78.1 cm³/mol. The van der Waals surface area contributed by atoms with Gasteiger partial charge in [0, 0.05) is 18.8 Å². The number of aryl methyl sites for hydroxylation is 1. The van der Waals surface area contributed by atoms with Gasteiger partial charge in [0.25, 0.3) is 0 Å². The number of nitrogens with two attached hydrogens (primary N) is 1. The van der Waals surface area contributed by atoms with Crippen molar-refractivity contribution in [3.05, 3.63) is 34.1 Å². The molecule has 0 atom stereocenters. The monoisotopic (exact) mass is 325 g/mol. The Hall–Kier alpha value is -1.89. The van der Waals surface area contributed by atoms with E-state index in [0.29, 0.717) is 21.8 Å². The molecule has 5 nitrogen and oxygen atoms in total. The van der Waals surface area contributed by atoms with E-state index in [1.165, 1.54) is 6.07 Å². The number of aromatic nitrogens is 2. The maximum absolute atomic E-state index is 13.5. The number of benzene rings is 1. The van der Waals surface area contributed by atoms with E-state index in [9.17, 15) is 4.39 Å². The second-order valence-electron chi connectivity index (χ2n) is 3.95. The molecular weight excluding hydrogens is 313 g/mol. The molecule has 2 aromatic rings. The van der Waals surface area contributed by atoms with Crippen LogP contribution in [0.4, 0.5) is 27.7 Å². The lowest BCUT2D eigenvalue weighted by atomic mass is 10.2. The topological polar surface area (TPSA) is 75.9 Å². The Labute approximate surface area is 118 Å². The molecule has 7 heteroatoms. The molecule has 0 aliphatic rings. The second kappa shape index (κ2) is 5.40. The van der Waals surface area contributed by atoms with Gasteiger partial charge in [0.05, 0.1) is 4.47 Å². The van der Waals surface area contributed by atoms with Gasteiger partial charge in [0.2, 0.25) is 5.95 Å². The highest BCUT2D eigenvalue weighted by atomic mass is 79.9. The molecule has 0 saturated carbocycles. The van der Waals surface area contributed by atoms with Crippen molar-refractivity contribution in [2.45, 2.75) is 6.92 Å². The first-order chi connectivity index (χ1) is 8.99. The molecule has 0 aliphatic carbocycles. The van der Waals surface area contributed by atoms with Crippen LogP contribution >= 0.6 is 15.9 Å². The third kappa shape index (κ3) is 3.11. The molecule has 2 rings (SSSR count). The van der Waals surface area contributed by atoms with Gasteiger partial charge in [-0.3, -0.25) is 0 Å². The summed E-state index contributed by atoms with van der Waals surface area (Å²) in [6, 6.07) is 4.79. The minimum Gasteiger partial charge on any atom is -0.373 e. The summed E-state index contributed by atoms with van der Waals surface area (Å²) in [6.45, 7) is 1.87. The first-order valence-electron chi connectivity index (χ1n) is 5.54. The van der Waals surface area contributed by atoms with Crippen molar-refractivity contribution in [1.82, 2.24) is 9.97 Å². The lowest BCUT2D eigenvalue weighted by Crippen LogP contribution is -2.04. The fraction of sp³-hybridized carbons (Fsp3) is 0.167. The van der Waals surface area contributed by atoms with E-state index < -0.39 is 0 Å². The second-order valence-corrected chi connectivity index (χ2v) is 4.81. The number of nitrogens with zero attached hydrogens (tertiary/aromatic N) is 2. The van der Waals surface area contributed by atoms with Gasteiger partial charge in [0.1, 0.15) is 17.5 Å². The summed E-state index contributed by atoms with van der Waals surface area (Å²) in [7, 11) is 1.73. The largest absolute Gasteiger partial charge is 0.373 e. The van der Waals surface area contributed by atoms with Gasteiger partial charge in [-0.15, -0.1) is 0 Å². The molecule has 0 aliphatic heterocycles. The fourth-order valence-electron chi connectivity index (χ4n) is 1.58. The SMILES string of the molecule is CNc1cc(Nc2cc(F)c(Br)cc2C)nc(N)n1. The van der Waals surface area contributed by atoms with E-state index >= 15 is 0 Å². The zero-order valence-electron chi connectivity index (χ0n) is 10.5. The smallest absolute Gasteiger partial charge is 0.223 e. The Kier molecular flexibility index (Phi) is 3.84. The molecular formula is C12H13BrFN5. The van der Waals surface area contributed by atoms with Gasteiger partial charge < -0.3 is 16.4 Å². The van der Waals surface area contributed by atoms with Crippen LogP contribution < -0.4 is 16.4 Å². The molecule has 19 heavy (non-hydrogen) atoms. The van der Waals surface area contributed by atoms with Crippen molar-refractivity contribution >= 4 is 39.2 Å². The van der Waals surface area contributed by atoms with Crippen LogP contribution in [-0.2, 0) is 0 Å². The van der Waals surface area contributed by atoms with E-state index in [1.807, 2.05) is 6.92 Å². The third-order valence-corrected chi connectivity index (χ3v) is 3.14. The van der Waals surface area contributed by atoms with Gasteiger partial charge in [-0.2, -0.15) is 9.97 Å². The third-order valence-electron chi connectivity index (χ3n) is 2.53. The van der Waals surface area contributed by atoms with Gasteiger partial charge in [0.15, 0.2) is 0 Å². The van der Waals surface area contributed by atoms with Crippen LogP contribution in [0, 0.1) is 12.7 Å². The highest BCUT2D eigenvalue weighted by Gasteiger charge is 2.07. The average Bonchev–Trinajstić information content (AvgIpc) is 2.35. The van der Waals surface area contributed by atoms with Gasteiger partial charge >= 0.3 is 0 Å². The molecule has 100 valence electrons. The summed E-state index contributed by atoms with van der Waals surface area (Å²) >= 11 is 3.14. The Morgan fingerprint density at radius 3 is 2.58 bits per heavy atom. The Morgan fingerprint density at radius 1 is 1.21 bits per heavy atom. The van der Waals surface area contributed by atoms with Crippen molar-refractivity contribution < 1.29 is 4.39 Å². The van der Waals surface area contributed by atoms with E-state index in [-0.39, 0.29) is 11.8 Å². The van der Waals surface area contributed by atoms with Crippen molar-refractivity contribution in [2.75, 3.05) is 23.4 Å². The molecule has 0 amide bonds. The van der Waals surface area contributed by atoms with Crippen LogP contribution in [0.3, 0.4) is 0 Å². The van der Waals surface area contributed by atoms with Gasteiger partial charge in [-0.25, -0.2) is 4.39 Å². The molecule has 1 aromatic heterocycles. The Balaban J connectivity index is 2.36. The summed E-state index contributed by atoms with van der Waals surface area (Å²) in [5.41, 5.74) is 7.11.